The first-order valence-electron chi connectivity index (χ1n) is 10.5. The van der Waals surface area contributed by atoms with Gasteiger partial charge in [0.1, 0.15) is 5.60 Å². The van der Waals surface area contributed by atoms with Crippen molar-refractivity contribution >= 4 is 30.6 Å². The number of hydrogen-bond acceptors (Lipinski definition) is 6. The first-order chi connectivity index (χ1) is 13.8. The summed E-state index contributed by atoms with van der Waals surface area (Å²) in [4.78, 5) is 27.9. The molecule has 7 nitrogen and oxygen atoms in total. The molecule has 2 aliphatic heterocycles. The molecule has 0 bridgehead atoms. The Morgan fingerprint density at radius 2 is 1.63 bits per heavy atom. The molecule has 2 aliphatic rings. The van der Waals surface area contributed by atoms with Crippen LogP contribution in [0.2, 0.25) is 0 Å². The molecule has 164 valence electrons. The lowest BCUT2D eigenvalue weighted by atomic mass is 9.78. The van der Waals surface area contributed by atoms with Gasteiger partial charge in [0.15, 0.2) is 6.29 Å². The second kappa shape index (κ2) is 7.89. The molecule has 0 spiro atoms. The Kier molecular flexibility index (Phi) is 5.95. The summed E-state index contributed by atoms with van der Waals surface area (Å²) < 4.78 is 17.7. The van der Waals surface area contributed by atoms with Gasteiger partial charge in [0, 0.05) is 37.4 Å². The lowest BCUT2D eigenvalue weighted by Gasteiger charge is -2.37. The summed E-state index contributed by atoms with van der Waals surface area (Å²) in [7, 11) is -0.508. The summed E-state index contributed by atoms with van der Waals surface area (Å²) in [6, 6.07) is 5.72. The molecule has 0 aliphatic carbocycles. The molecule has 0 atom stereocenters. The number of carbonyl (C=O) groups excluding carboxylic acids is 2. The van der Waals surface area contributed by atoms with E-state index in [9.17, 15) is 9.59 Å². The predicted octanol–water partition coefficient (Wildman–Crippen LogP) is 2.86. The molecule has 1 amide bonds. The fraction of sp³-hybridized carbons (Fsp3) is 0.636. The lowest BCUT2D eigenvalue weighted by molar-refractivity contribution is 0.00578. The number of rotatable bonds is 3. The van der Waals surface area contributed by atoms with E-state index >= 15 is 0 Å². The second-order valence-corrected chi connectivity index (χ2v) is 9.98. The van der Waals surface area contributed by atoms with Gasteiger partial charge in [-0.1, -0.05) is 6.07 Å². The second-order valence-electron chi connectivity index (χ2n) is 9.98. The van der Waals surface area contributed by atoms with Gasteiger partial charge >= 0.3 is 13.2 Å². The summed E-state index contributed by atoms with van der Waals surface area (Å²) in [5.74, 6) is 0. The van der Waals surface area contributed by atoms with Crippen LogP contribution in [0.4, 0.5) is 10.5 Å². The van der Waals surface area contributed by atoms with Crippen molar-refractivity contribution in [2.24, 2.45) is 0 Å². The van der Waals surface area contributed by atoms with E-state index in [2.05, 4.69) is 4.90 Å². The largest absolute Gasteiger partial charge is 0.494 e. The SMILES string of the molecule is CC(C)(C)OC(=O)N1CCN(c2ccc(B3OC(C)(C)C(C)(C)O3)cc2C=O)CC1. The first kappa shape index (κ1) is 22.6. The van der Waals surface area contributed by atoms with E-state index in [0.717, 1.165) is 17.4 Å². The van der Waals surface area contributed by atoms with Gasteiger partial charge in [-0.25, -0.2) is 4.79 Å². The van der Waals surface area contributed by atoms with Gasteiger partial charge in [-0.2, -0.15) is 0 Å². The minimum atomic E-state index is -0.512. The van der Waals surface area contributed by atoms with Gasteiger partial charge in [-0.3, -0.25) is 4.79 Å². The Bertz CT molecular complexity index is 794. The van der Waals surface area contributed by atoms with Crippen molar-refractivity contribution in [1.29, 1.82) is 0 Å². The molecule has 2 heterocycles. The zero-order valence-corrected chi connectivity index (χ0v) is 19.2. The van der Waals surface area contributed by atoms with Gasteiger partial charge < -0.3 is 23.8 Å². The maximum absolute atomic E-state index is 12.3. The smallest absolute Gasteiger partial charge is 0.444 e. The number of benzene rings is 1. The molecule has 0 saturated carbocycles. The maximum Gasteiger partial charge on any atom is 0.494 e. The standard InChI is InChI=1S/C22H33BN2O5/c1-20(2,3)28-19(27)25-12-10-24(11-13-25)18-9-8-17(14-16(18)15-26)23-29-21(4,5)22(6,7)30-23/h8-9,14-15H,10-13H2,1-7H3. The molecule has 30 heavy (non-hydrogen) atoms. The van der Waals surface area contributed by atoms with Crippen molar-refractivity contribution in [2.75, 3.05) is 31.1 Å². The van der Waals surface area contributed by atoms with Gasteiger partial charge in [-0.15, -0.1) is 0 Å². The fourth-order valence-corrected chi connectivity index (χ4v) is 3.54. The van der Waals surface area contributed by atoms with E-state index in [0.29, 0.717) is 31.7 Å². The summed E-state index contributed by atoms with van der Waals surface area (Å²) in [6.45, 7) is 16.0. The average Bonchev–Trinajstić information content (AvgIpc) is 2.87. The van der Waals surface area contributed by atoms with E-state index < -0.39 is 23.9 Å². The summed E-state index contributed by atoms with van der Waals surface area (Å²) in [5.41, 5.74) is 0.891. The Morgan fingerprint density at radius 3 is 2.13 bits per heavy atom. The molecule has 2 saturated heterocycles. The third kappa shape index (κ3) is 4.65. The van der Waals surface area contributed by atoms with Crippen molar-refractivity contribution < 1.29 is 23.6 Å². The third-order valence-electron chi connectivity index (χ3n) is 5.98. The van der Waals surface area contributed by atoms with Crippen LogP contribution in [0.3, 0.4) is 0 Å². The highest BCUT2D eigenvalue weighted by atomic mass is 16.7. The van der Waals surface area contributed by atoms with E-state index in [4.69, 9.17) is 14.0 Å². The molecular weight excluding hydrogens is 383 g/mol. The lowest BCUT2D eigenvalue weighted by Crippen LogP contribution is -2.50. The molecule has 2 fully saturated rings. The van der Waals surface area contributed by atoms with E-state index in [1.165, 1.54) is 0 Å². The van der Waals surface area contributed by atoms with Crippen molar-refractivity contribution in [2.45, 2.75) is 65.3 Å². The first-order valence-corrected chi connectivity index (χ1v) is 10.5. The molecule has 3 rings (SSSR count). The number of piperazine rings is 1. The quantitative estimate of drug-likeness (QED) is 0.558. The average molecular weight is 416 g/mol. The predicted molar refractivity (Wildman–Crippen MR) is 118 cm³/mol. The molecule has 0 N–H and O–H groups in total. The Labute approximate surface area is 179 Å². The number of hydrogen-bond donors (Lipinski definition) is 0. The van der Waals surface area contributed by atoms with Crippen LogP contribution in [0, 0.1) is 0 Å². The van der Waals surface area contributed by atoms with Crippen LogP contribution in [0.15, 0.2) is 18.2 Å². The van der Waals surface area contributed by atoms with E-state index in [1.54, 1.807) is 4.90 Å². The van der Waals surface area contributed by atoms with Crippen LogP contribution >= 0.6 is 0 Å². The van der Waals surface area contributed by atoms with Crippen molar-refractivity contribution in [3.63, 3.8) is 0 Å². The number of amides is 1. The van der Waals surface area contributed by atoms with Gasteiger partial charge in [-0.05, 0) is 66.1 Å². The number of ether oxygens (including phenoxy) is 1. The van der Waals surface area contributed by atoms with Crippen LogP contribution in [0.5, 0.6) is 0 Å². The normalized spacial score (nSPS) is 21.0. The summed E-state index contributed by atoms with van der Waals surface area (Å²) in [6.07, 6.45) is 0.568. The zero-order chi connectivity index (χ0) is 22.3. The van der Waals surface area contributed by atoms with Crippen molar-refractivity contribution in [1.82, 2.24) is 4.90 Å². The molecule has 0 radical (unpaired) electrons. The molecule has 0 aromatic heterocycles. The monoisotopic (exact) mass is 416 g/mol. The highest BCUT2D eigenvalue weighted by Crippen LogP contribution is 2.36. The molecule has 1 aromatic carbocycles. The van der Waals surface area contributed by atoms with Crippen LogP contribution in [-0.4, -0.2) is 67.4 Å². The Hall–Kier alpha value is -2.06. The maximum atomic E-state index is 12.3. The number of nitrogens with zero attached hydrogens (tertiary/aromatic N) is 2. The van der Waals surface area contributed by atoms with Crippen LogP contribution in [0.1, 0.15) is 58.8 Å². The minimum Gasteiger partial charge on any atom is -0.444 e. The summed E-state index contributed by atoms with van der Waals surface area (Å²) in [5, 5.41) is 0. The van der Waals surface area contributed by atoms with Crippen molar-refractivity contribution in [3.8, 4) is 0 Å². The highest BCUT2D eigenvalue weighted by Gasteiger charge is 2.51. The third-order valence-corrected chi connectivity index (χ3v) is 5.98. The fourth-order valence-electron chi connectivity index (χ4n) is 3.54. The summed E-state index contributed by atoms with van der Waals surface area (Å²) >= 11 is 0. The van der Waals surface area contributed by atoms with Crippen LogP contribution in [0.25, 0.3) is 0 Å². The molecule has 0 unspecified atom stereocenters. The van der Waals surface area contributed by atoms with Crippen LogP contribution < -0.4 is 10.4 Å². The van der Waals surface area contributed by atoms with E-state index in [1.807, 2.05) is 66.7 Å². The van der Waals surface area contributed by atoms with E-state index in [-0.39, 0.29) is 6.09 Å². The van der Waals surface area contributed by atoms with Gasteiger partial charge in [0.05, 0.1) is 11.2 Å². The molecule has 8 heteroatoms. The number of carbonyl (C=O) groups is 2. The minimum absolute atomic E-state index is 0.297. The zero-order valence-electron chi connectivity index (χ0n) is 19.2. The highest BCUT2D eigenvalue weighted by molar-refractivity contribution is 6.62. The topological polar surface area (TPSA) is 68.3 Å². The number of anilines is 1. The molecule has 1 aromatic rings. The van der Waals surface area contributed by atoms with Crippen molar-refractivity contribution in [3.05, 3.63) is 23.8 Å². The van der Waals surface area contributed by atoms with Crippen LogP contribution in [-0.2, 0) is 14.0 Å². The Morgan fingerprint density at radius 1 is 1.07 bits per heavy atom. The van der Waals surface area contributed by atoms with Gasteiger partial charge in [0.25, 0.3) is 0 Å². The Balaban J connectivity index is 1.70. The number of aldehydes is 1. The molecular formula is C22H33BN2O5. The van der Waals surface area contributed by atoms with Gasteiger partial charge in [0.2, 0.25) is 0 Å².